The van der Waals surface area contributed by atoms with E-state index in [4.69, 9.17) is 0 Å². The van der Waals surface area contributed by atoms with Gasteiger partial charge in [0.15, 0.2) is 0 Å². The molecule has 0 N–H and O–H groups in total. The first-order valence-corrected chi connectivity index (χ1v) is 10.2. The summed E-state index contributed by atoms with van der Waals surface area (Å²) in [6, 6.07) is 31.1. The molecule has 0 fully saturated rings. The van der Waals surface area contributed by atoms with Crippen molar-refractivity contribution in [2.45, 2.75) is 31.6 Å². The highest BCUT2D eigenvalue weighted by atomic mass is 32.1. The van der Waals surface area contributed by atoms with E-state index in [1.807, 2.05) is 11.3 Å². The number of thiophene rings is 1. The van der Waals surface area contributed by atoms with Gasteiger partial charge >= 0.3 is 0 Å². The summed E-state index contributed by atoms with van der Waals surface area (Å²) >= 11 is 1.87. The van der Waals surface area contributed by atoms with E-state index in [-0.39, 0.29) is 5.41 Å². The predicted octanol–water partition coefficient (Wildman–Crippen LogP) is 7.03. The molecule has 26 heavy (non-hydrogen) atoms. The fraction of sp³-hybridized carbons (Fsp3) is 0.200. The molecule has 1 unspecified atom stereocenters. The lowest BCUT2D eigenvalue weighted by atomic mass is 9.70. The molecule has 4 aromatic rings. The second-order valence-corrected chi connectivity index (χ2v) is 8.15. The molecule has 0 aliphatic heterocycles. The fourth-order valence-electron chi connectivity index (χ4n) is 4.00. The Balaban J connectivity index is 1.76. The standard InChI is InChI=1S/C25H24S/c1-2-25(19-24-13-8-16-26-24,23-11-4-3-5-12-23)18-20-14-15-21-9-6-7-10-22(21)17-20/h3-17H,2,18-19H2,1H3. The van der Waals surface area contributed by atoms with Crippen LogP contribution in [0, 0.1) is 0 Å². The van der Waals surface area contributed by atoms with Gasteiger partial charge < -0.3 is 0 Å². The maximum absolute atomic E-state index is 2.37. The highest BCUT2D eigenvalue weighted by molar-refractivity contribution is 7.09. The molecule has 0 aliphatic carbocycles. The molecule has 0 nitrogen and oxygen atoms in total. The molecule has 0 saturated carbocycles. The van der Waals surface area contributed by atoms with E-state index in [9.17, 15) is 0 Å². The first-order chi connectivity index (χ1) is 12.8. The monoisotopic (exact) mass is 356 g/mol. The smallest absolute Gasteiger partial charge is 0.00542 e. The van der Waals surface area contributed by atoms with Crippen LogP contribution in [-0.4, -0.2) is 0 Å². The zero-order valence-corrected chi connectivity index (χ0v) is 16.0. The van der Waals surface area contributed by atoms with Gasteiger partial charge in [-0.15, -0.1) is 11.3 Å². The third-order valence-corrected chi connectivity index (χ3v) is 6.39. The Hall–Kier alpha value is -2.38. The minimum Gasteiger partial charge on any atom is -0.149 e. The Labute approximate surface area is 160 Å². The molecule has 130 valence electrons. The molecule has 0 amide bonds. The van der Waals surface area contributed by atoms with Crippen LogP contribution < -0.4 is 0 Å². The van der Waals surface area contributed by atoms with E-state index in [2.05, 4.69) is 97.2 Å². The number of rotatable bonds is 6. The molecular weight excluding hydrogens is 332 g/mol. The summed E-state index contributed by atoms with van der Waals surface area (Å²) < 4.78 is 0. The second-order valence-electron chi connectivity index (χ2n) is 7.11. The molecule has 0 aliphatic rings. The lowest BCUT2D eigenvalue weighted by Crippen LogP contribution is -2.30. The van der Waals surface area contributed by atoms with E-state index in [1.54, 1.807) is 0 Å². The SMILES string of the molecule is CCC(Cc1ccc2ccccc2c1)(Cc1cccs1)c1ccccc1. The van der Waals surface area contributed by atoms with Gasteiger partial charge in [-0.2, -0.15) is 0 Å². The summed E-state index contributed by atoms with van der Waals surface area (Å²) in [7, 11) is 0. The average Bonchev–Trinajstić information content (AvgIpc) is 3.21. The van der Waals surface area contributed by atoms with Crippen LogP contribution in [0.4, 0.5) is 0 Å². The second kappa shape index (κ2) is 7.47. The van der Waals surface area contributed by atoms with Gasteiger partial charge in [0.05, 0.1) is 0 Å². The topological polar surface area (TPSA) is 0 Å². The van der Waals surface area contributed by atoms with Crippen molar-refractivity contribution < 1.29 is 0 Å². The lowest BCUT2D eigenvalue weighted by molar-refractivity contribution is 0.407. The highest BCUT2D eigenvalue weighted by Crippen LogP contribution is 2.37. The molecule has 1 heteroatoms. The molecule has 1 aromatic heterocycles. The van der Waals surface area contributed by atoms with Gasteiger partial charge in [-0.05, 0) is 52.6 Å². The van der Waals surface area contributed by atoms with E-state index < -0.39 is 0 Å². The van der Waals surface area contributed by atoms with Crippen LogP contribution in [0.2, 0.25) is 0 Å². The van der Waals surface area contributed by atoms with E-state index in [0.717, 1.165) is 19.3 Å². The normalized spacial score (nSPS) is 13.6. The number of benzene rings is 3. The third kappa shape index (κ3) is 3.45. The van der Waals surface area contributed by atoms with Crippen LogP contribution in [0.3, 0.4) is 0 Å². The largest absolute Gasteiger partial charge is 0.149 e. The van der Waals surface area contributed by atoms with Gasteiger partial charge in [0.25, 0.3) is 0 Å². The average molecular weight is 357 g/mol. The Kier molecular flexibility index (Phi) is 4.90. The van der Waals surface area contributed by atoms with Gasteiger partial charge in [0.2, 0.25) is 0 Å². The molecule has 1 heterocycles. The van der Waals surface area contributed by atoms with Crippen molar-refractivity contribution in [2.24, 2.45) is 0 Å². The minimum atomic E-state index is 0.134. The van der Waals surface area contributed by atoms with Gasteiger partial charge in [0.1, 0.15) is 0 Å². The summed E-state index contributed by atoms with van der Waals surface area (Å²) in [5, 5.41) is 4.84. The molecular formula is C25H24S. The van der Waals surface area contributed by atoms with Gasteiger partial charge in [-0.1, -0.05) is 85.8 Å². The first-order valence-electron chi connectivity index (χ1n) is 9.35. The van der Waals surface area contributed by atoms with Crippen molar-refractivity contribution in [3.8, 4) is 0 Å². The van der Waals surface area contributed by atoms with Crippen molar-refractivity contribution >= 4 is 22.1 Å². The molecule has 0 radical (unpaired) electrons. The van der Waals surface area contributed by atoms with Crippen molar-refractivity contribution in [1.29, 1.82) is 0 Å². The van der Waals surface area contributed by atoms with Crippen LogP contribution in [0.1, 0.15) is 29.3 Å². The number of fused-ring (bicyclic) bond motifs is 1. The zero-order chi connectivity index (χ0) is 17.8. The van der Waals surface area contributed by atoms with Crippen LogP contribution in [0.25, 0.3) is 10.8 Å². The summed E-state index contributed by atoms with van der Waals surface area (Å²) in [4.78, 5) is 1.47. The number of hydrogen-bond acceptors (Lipinski definition) is 1. The van der Waals surface area contributed by atoms with Gasteiger partial charge in [0, 0.05) is 10.3 Å². The quantitative estimate of drug-likeness (QED) is 0.348. The molecule has 4 rings (SSSR count). The Morgan fingerprint density at radius 1 is 0.731 bits per heavy atom. The van der Waals surface area contributed by atoms with Gasteiger partial charge in [-0.25, -0.2) is 0 Å². The molecule has 0 spiro atoms. The van der Waals surface area contributed by atoms with Crippen LogP contribution in [-0.2, 0) is 18.3 Å². The van der Waals surface area contributed by atoms with E-state index in [0.29, 0.717) is 0 Å². The minimum absolute atomic E-state index is 0.134. The Bertz CT molecular complexity index is 969. The summed E-state index contributed by atoms with van der Waals surface area (Å²) in [6.45, 7) is 2.33. The van der Waals surface area contributed by atoms with Gasteiger partial charge in [-0.3, -0.25) is 0 Å². The lowest BCUT2D eigenvalue weighted by Gasteiger charge is -2.34. The van der Waals surface area contributed by atoms with Crippen molar-refractivity contribution in [3.63, 3.8) is 0 Å². The molecule has 1 atom stereocenters. The van der Waals surface area contributed by atoms with E-state index >= 15 is 0 Å². The van der Waals surface area contributed by atoms with E-state index in [1.165, 1.54) is 26.8 Å². The first kappa shape index (κ1) is 17.1. The highest BCUT2D eigenvalue weighted by Gasteiger charge is 2.31. The fourth-order valence-corrected chi connectivity index (χ4v) is 4.85. The molecule has 3 aromatic carbocycles. The van der Waals surface area contributed by atoms with Crippen molar-refractivity contribution in [2.75, 3.05) is 0 Å². The van der Waals surface area contributed by atoms with Crippen LogP contribution in [0.15, 0.2) is 90.3 Å². The predicted molar refractivity (Wildman–Crippen MR) is 114 cm³/mol. The molecule has 0 bridgehead atoms. The summed E-state index contributed by atoms with van der Waals surface area (Å²) in [5.41, 5.74) is 3.00. The van der Waals surface area contributed by atoms with Crippen LogP contribution >= 0.6 is 11.3 Å². The van der Waals surface area contributed by atoms with Crippen molar-refractivity contribution in [1.82, 2.24) is 0 Å². The maximum Gasteiger partial charge on any atom is 0.00542 e. The number of hydrogen-bond donors (Lipinski definition) is 0. The Morgan fingerprint density at radius 2 is 1.50 bits per heavy atom. The molecule has 0 saturated heterocycles. The summed E-state index contributed by atoms with van der Waals surface area (Å²) in [5.74, 6) is 0. The zero-order valence-electron chi connectivity index (χ0n) is 15.2. The maximum atomic E-state index is 2.37. The summed E-state index contributed by atoms with van der Waals surface area (Å²) in [6.07, 6.45) is 3.29. The van der Waals surface area contributed by atoms with Crippen molar-refractivity contribution in [3.05, 3.63) is 106 Å². The third-order valence-electron chi connectivity index (χ3n) is 5.51. The Morgan fingerprint density at radius 3 is 2.23 bits per heavy atom. The van der Waals surface area contributed by atoms with Crippen LogP contribution in [0.5, 0.6) is 0 Å².